The molecular formula is C19H29N3OS. The van der Waals surface area contributed by atoms with Crippen LogP contribution < -0.4 is 10.6 Å². The fourth-order valence-corrected chi connectivity index (χ4v) is 5.89. The highest BCUT2D eigenvalue weighted by Gasteiger charge is 2.65. The number of fused-ring (bicyclic) bond motifs is 2. The Morgan fingerprint density at radius 2 is 2.29 bits per heavy atom. The molecule has 2 aliphatic carbocycles. The van der Waals surface area contributed by atoms with E-state index in [0.29, 0.717) is 23.5 Å². The minimum Gasteiger partial charge on any atom is -0.377 e. The van der Waals surface area contributed by atoms with E-state index in [4.69, 9.17) is 9.73 Å². The minimum atomic E-state index is 0.290. The number of rotatable bonds is 4. The number of ether oxygens (including phenoxy) is 1. The number of nitrogens with one attached hydrogen (secondary N) is 2. The van der Waals surface area contributed by atoms with Crippen molar-refractivity contribution in [3.8, 4) is 0 Å². The van der Waals surface area contributed by atoms with Gasteiger partial charge in [-0.3, -0.25) is 4.99 Å². The molecule has 2 heterocycles. The van der Waals surface area contributed by atoms with Crippen molar-refractivity contribution in [3.63, 3.8) is 0 Å². The van der Waals surface area contributed by atoms with Crippen molar-refractivity contribution in [1.29, 1.82) is 0 Å². The molecule has 5 heteroatoms. The molecule has 4 nitrogen and oxygen atoms in total. The molecule has 2 saturated carbocycles. The van der Waals surface area contributed by atoms with Crippen molar-refractivity contribution in [2.75, 3.05) is 13.2 Å². The lowest BCUT2D eigenvalue weighted by atomic mass is 9.54. The maximum absolute atomic E-state index is 6.10. The Labute approximate surface area is 149 Å². The number of hydrogen-bond acceptors (Lipinski definition) is 3. The third-order valence-electron chi connectivity index (χ3n) is 6.22. The molecule has 1 aromatic heterocycles. The lowest BCUT2D eigenvalue weighted by Crippen LogP contribution is -2.69. The Morgan fingerprint density at radius 1 is 1.46 bits per heavy atom. The van der Waals surface area contributed by atoms with Gasteiger partial charge >= 0.3 is 0 Å². The number of thiophene rings is 1. The minimum absolute atomic E-state index is 0.290. The summed E-state index contributed by atoms with van der Waals surface area (Å²) in [5, 5.41) is 9.57. The average Bonchev–Trinajstić information content (AvgIpc) is 3.32. The lowest BCUT2D eigenvalue weighted by molar-refractivity contribution is -0.125. The van der Waals surface area contributed by atoms with Gasteiger partial charge in [0.15, 0.2) is 5.96 Å². The fourth-order valence-electron chi connectivity index (χ4n) is 5.16. The van der Waals surface area contributed by atoms with Gasteiger partial charge in [-0.05, 0) is 44.6 Å². The van der Waals surface area contributed by atoms with Crippen LogP contribution in [0.4, 0.5) is 0 Å². The molecule has 1 aliphatic heterocycles. The third-order valence-corrected chi connectivity index (χ3v) is 7.27. The molecule has 3 fully saturated rings. The van der Waals surface area contributed by atoms with Crippen molar-refractivity contribution in [2.24, 2.45) is 16.3 Å². The summed E-state index contributed by atoms with van der Waals surface area (Å²) >= 11 is 1.80. The van der Waals surface area contributed by atoms with Gasteiger partial charge in [-0.2, -0.15) is 0 Å². The Balaban J connectivity index is 1.47. The van der Waals surface area contributed by atoms with E-state index < -0.39 is 0 Å². The van der Waals surface area contributed by atoms with E-state index in [1.54, 1.807) is 11.3 Å². The van der Waals surface area contributed by atoms with E-state index in [2.05, 4.69) is 42.0 Å². The van der Waals surface area contributed by atoms with Crippen LogP contribution in [0, 0.1) is 11.3 Å². The second kappa shape index (κ2) is 6.68. The summed E-state index contributed by atoms with van der Waals surface area (Å²) < 4.78 is 6.10. The van der Waals surface area contributed by atoms with E-state index >= 15 is 0 Å². The molecule has 132 valence electrons. The van der Waals surface area contributed by atoms with Crippen LogP contribution in [0.5, 0.6) is 0 Å². The number of nitrogens with zero attached hydrogens (tertiary/aromatic N) is 1. The molecule has 4 unspecified atom stereocenters. The number of hydrogen-bond donors (Lipinski definition) is 2. The first-order valence-electron chi connectivity index (χ1n) is 9.47. The molecule has 2 N–H and O–H groups in total. The third kappa shape index (κ3) is 2.66. The van der Waals surface area contributed by atoms with Crippen LogP contribution in [0.1, 0.15) is 56.9 Å². The molecule has 0 amide bonds. The molecule has 4 atom stereocenters. The number of aliphatic imine (C=N–C) groups is 1. The Morgan fingerprint density at radius 3 is 3.00 bits per heavy atom. The van der Waals surface area contributed by atoms with Gasteiger partial charge in [0.2, 0.25) is 0 Å². The summed E-state index contributed by atoms with van der Waals surface area (Å²) in [5.74, 6) is 1.64. The zero-order valence-corrected chi connectivity index (χ0v) is 15.6. The SMILES string of the molecule is CCN=C(NC(C)c1cccs1)NC1C2CCOC2C12CCCC2. The van der Waals surface area contributed by atoms with Crippen molar-refractivity contribution in [2.45, 2.75) is 64.1 Å². The standard InChI is InChI=1S/C19H29N3OS/c1-3-20-18(21-13(2)15-7-6-12-24-15)22-16-14-8-11-23-17(14)19(16)9-4-5-10-19/h6-7,12-14,16-17H,3-5,8-11H2,1-2H3,(H2,20,21,22). The molecule has 4 rings (SSSR count). The van der Waals surface area contributed by atoms with Crippen LogP contribution in [0.15, 0.2) is 22.5 Å². The Bertz CT molecular complexity index is 579. The smallest absolute Gasteiger partial charge is 0.192 e. The molecule has 0 radical (unpaired) electrons. The van der Waals surface area contributed by atoms with Crippen LogP contribution in [0.3, 0.4) is 0 Å². The normalized spacial score (nSPS) is 32.4. The largest absolute Gasteiger partial charge is 0.377 e. The van der Waals surface area contributed by atoms with Crippen molar-refractivity contribution < 1.29 is 4.74 Å². The molecule has 0 aromatic carbocycles. The van der Waals surface area contributed by atoms with Gasteiger partial charge in [0.05, 0.1) is 12.1 Å². The Kier molecular flexibility index (Phi) is 4.56. The highest BCUT2D eigenvalue weighted by Crippen LogP contribution is 2.60. The Hall–Kier alpha value is -1.07. The quantitative estimate of drug-likeness (QED) is 0.645. The van der Waals surface area contributed by atoms with Gasteiger partial charge in [0.1, 0.15) is 0 Å². The van der Waals surface area contributed by atoms with Crippen molar-refractivity contribution in [1.82, 2.24) is 10.6 Å². The molecule has 1 aromatic rings. The summed E-state index contributed by atoms with van der Waals surface area (Å²) in [6.45, 7) is 6.06. The van der Waals surface area contributed by atoms with Gasteiger partial charge in [0.25, 0.3) is 0 Å². The fraction of sp³-hybridized carbons (Fsp3) is 0.737. The first kappa shape index (κ1) is 16.4. The highest BCUT2D eigenvalue weighted by atomic mass is 32.1. The van der Waals surface area contributed by atoms with Crippen LogP contribution in [0.25, 0.3) is 0 Å². The van der Waals surface area contributed by atoms with Gasteiger partial charge < -0.3 is 15.4 Å². The van der Waals surface area contributed by atoms with E-state index in [-0.39, 0.29) is 6.04 Å². The van der Waals surface area contributed by atoms with Crippen LogP contribution >= 0.6 is 11.3 Å². The summed E-state index contributed by atoms with van der Waals surface area (Å²) in [7, 11) is 0. The van der Waals surface area contributed by atoms with Crippen LogP contribution in [0.2, 0.25) is 0 Å². The predicted molar refractivity (Wildman–Crippen MR) is 99.5 cm³/mol. The summed E-state index contributed by atoms with van der Waals surface area (Å²) in [6, 6.07) is 5.12. The maximum atomic E-state index is 6.10. The van der Waals surface area contributed by atoms with E-state index in [1.807, 2.05) is 0 Å². The zero-order chi connectivity index (χ0) is 16.6. The van der Waals surface area contributed by atoms with E-state index in [9.17, 15) is 0 Å². The molecule has 0 bridgehead atoms. The second-order valence-corrected chi connectivity index (χ2v) is 8.49. The van der Waals surface area contributed by atoms with Gasteiger partial charge in [-0.15, -0.1) is 11.3 Å². The first-order valence-corrected chi connectivity index (χ1v) is 10.3. The molecule has 1 saturated heterocycles. The second-order valence-electron chi connectivity index (χ2n) is 7.51. The zero-order valence-electron chi connectivity index (χ0n) is 14.8. The highest BCUT2D eigenvalue weighted by molar-refractivity contribution is 7.10. The first-order chi connectivity index (χ1) is 11.7. The monoisotopic (exact) mass is 347 g/mol. The molecule has 24 heavy (non-hydrogen) atoms. The van der Waals surface area contributed by atoms with E-state index in [1.165, 1.54) is 37.0 Å². The summed E-state index contributed by atoms with van der Waals surface area (Å²) in [5.41, 5.74) is 0.365. The van der Waals surface area contributed by atoms with Crippen LogP contribution in [-0.4, -0.2) is 31.3 Å². The van der Waals surface area contributed by atoms with Gasteiger partial charge in [-0.1, -0.05) is 18.9 Å². The predicted octanol–water partition coefficient (Wildman–Crippen LogP) is 3.71. The lowest BCUT2D eigenvalue weighted by Gasteiger charge is -2.57. The van der Waals surface area contributed by atoms with Crippen molar-refractivity contribution in [3.05, 3.63) is 22.4 Å². The summed E-state index contributed by atoms with van der Waals surface area (Å²) in [6.07, 6.45) is 7.02. The number of guanidine groups is 1. The molecule has 1 spiro atoms. The molecule has 3 aliphatic rings. The average molecular weight is 348 g/mol. The van der Waals surface area contributed by atoms with Gasteiger partial charge in [-0.25, -0.2) is 0 Å². The topological polar surface area (TPSA) is 45.7 Å². The van der Waals surface area contributed by atoms with Crippen LogP contribution in [-0.2, 0) is 4.74 Å². The van der Waals surface area contributed by atoms with E-state index in [0.717, 1.165) is 19.1 Å². The van der Waals surface area contributed by atoms with Gasteiger partial charge in [0, 0.05) is 35.4 Å². The molecular weight excluding hydrogens is 318 g/mol. The maximum Gasteiger partial charge on any atom is 0.192 e. The summed E-state index contributed by atoms with van der Waals surface area (Å²) in [4.78, 5) is 6.08. The van der Waals surface area contributed by atoms with Crippen molar-refractivity contribution >= 4 is 17.3 Å².